The van der Waals surface area contributed by atoms with Crippen LogP contribution in [0, 0.1) is 0 Å². The predicted octanol–water partition coefficient (Wildman–Crippen LogP) is 1.92. The zero-order valence-electron chi connectivity index (χ0n) is 9.50. The van der Waals surface area contributed by atoms with Crippen molar-refractivity contribution < 1.29 is 0 Å². The third-order valence-electron chi connectivity index (χ3n) is 2.32. The van der Waals surface area contributed by atoms with Crippen LogP contribution in [0.5, 0.6) is 0 Å². The first-order chi connectivity index (χ1) is 7.02. The SMILES string of the molecule is CN(C)CCN(C)c1cccc(Cl)c1N. The van der Waals surface area contributed by atoms with Crippen LogP contribution in [-0.2, 0) is 0 Å². The molecule has 0 spiro atoms. The van der Waals surface area contributed by atoms with Crippen molar-refractivity contribution in [2.24, 2.45) is 0 Å². The molecule has 0 heterocycles. The molecule has 0 unspecified atom stereocenters. The monoisotopic (exact) mass is 227 g/mol. The number of nitrogens with zero attached hydrogens (tertiary/aromatic N) is 2. The van der Waals surface area contributed by atoms with E-state index in [9.17, 15) is 0 Å². The number of nitrogens with two attached hydrogens (primary N) is 1. The molecule has 0 aliphatic heterocycles. The molecule has 2 N–H and O–H groups in total. The van der Waals surface area contributed by atoms with Gasteiger partial charge in [0.2, 0.25) is 0 Å². The Hall–Kier alpha value is -0.930. The minimum Gasteiger partial charge on any atom is -0.396 e. The summed E-state index contributed by atoms with van der Waals surface area (Å²) in [7, 11) is 6.12. The van der Waals surface area contributed by atoms with E-state index >= 15 is 0 Å². The van der Waals surface area contributed by atoms with Gasteiger partial charge in [0.05, 0.1) is 16.4 Å². The topological polar surface area (TPSA) is 32.5 Å². The first-order valence-corrected chi connectivity index (χ1v) is 5.30. The van der Waals surface area contributed by atoms with Crippen LogP contribution in [0.4, 0.5) is 11.4 Å². The van der Waals surface area contributed by atoms with E-state index in [4.69, 9.17) is 17.3 Å². The normalized spacial score (nSPS) is 10.7. The maximum atomic E-state index is 5.96. The van der Waals surface area contributed by atoms with Gasteiger partial charge < -0.3 is 15.5 Å². The minimum absolute atomic E-state index is 0.615. The Morgan fingerprint density at radius 3 is 2.47 bits per heavy atom. The van der Waals surface area contributed by atoms with E-state index in [0.717, 1.165) is 18.8 Å². The Labute approximate surface area is 96.4 Å². The zero-order chi connectivity index (χ0) is 11.4. The Morgan fingerprint density at radius 1 is 1.20 bits per heavy atom. The smallest absolute Gasteiger partial charge is 0.0741 e. The summed E-state index contributed by atoms with van der Waals surface area (Å²) < 4.78 is 0. The average molecular weight is 228 g/mol. The van der Waals surface area contributed by atoms with Crippen molar-refractivity contribution in [3.8, 4) is 0 Å². The number of rotatable bonds is 4. The van der Waals surface area contributed by atoms with Crippen LogP contribution in [0.15, 0.2) is 18.2 Å². The predicted molar refractivity (Wildman–Crippen MR) is 67.7 cm³/mol. The van der Waals surface area contributed by atoms with Gasteiger partial charge in [-0.25, -0.2) is 0 Å². The van der Waals surface area contributed by atoms with Gasteiger partial charge in [-0.3, -0.25) is 0 Å². The van der Waals surface area contributed by atoms with Gasteiger partial charge in [0.1, 0.15) is 0 Å². The first-order valence-electron chi connectivity index (χ1n) is 4.92. The molecule has 0 amide bonds. The molecule has 1 aromatic rings. The average Bonchev–Trinajstić information content (AvgIpc) is 2.18. The van der Waals surface area contributed by atoms with Crippen molar-refractivity contribution in [1.82, 2.24) is 4.90 Å². The van der Waals surface area contributed by atoms with Crippen LogP contribution in [0.1, 0.15) is 0 Å². The highest BCUT2D eigenvalue weighted by Crippen LogP contribution is 2.28. The number of hydrogen-bond acceptors (Lipinski definition) is 3. The van der Waals surface area contributed by atoms with Crippen LogP contribution in [0.2, 0.25) is 5.02 Å². The molecule has 4 heteroatoms. The molecule has 1 rings (SSSR count). The van der Waals surface area contributed by atoms with Crippen molar-refractivity contribution in [3.63, 3.8) is 0 Å². The molecular formula is C11H18ClN3. The fourth-order valence-electron chi connectivity index (χ4n) is 1.33. The Bertz CT molecular complexity index is 326. The van der Waals surface area contributed by atoms with Crippen LogP contribution < -0.4 is 10.6 Å². The highest BCUT2D eigenvalue weighted by Gasteiger charge is 2.07. The standard InChI is InChI=1S/C11H18ClN3/c1-14(2)7-8-15(3)10-6-4-5-9(12)11(10)13/h4-6H,7-8,13H2,1-3H3. The van der Waals surface area contributed by atoms with E-state index in [1.807, 2.05) is 19.2 Å². The largest absolute Gasteiger partial charge is 0.396 e. The summed E-state index contributed by atoms with van der Waals surface area (Å²) in [6.07, 6.45) is 0. The van der Waals surface area contributed by atoms with Crippen molar-refractivity contribution >= 4 is 23.0 Å². The lowest BCUT2D eigenvalue weighted by atomic mass is 10.2. The molecule has 0 fully saturated rings. The summed E-state index contributed by atoms with van der Waals surface area (Å²) in [5.41, 5.74) is 7.55. The van der Waals surface area contributed by atoms with Gasteiger partial charge >= 0.3 is 0 Å². The molecule has 0 aromatic heterocycles. The molecule has 0 radical (unpaired) electrons. The fourth-order valence-corrected chi connectivity index (χ4v) is 1.50. The molecular weight excluding hydrogens is 210 g/mol. The number of halogens is 1. The van der Waals surface area contributed by atoms with Crippen molar-refractivity contribution in [1.29, 1.82) is 0 Å². The van der Waals surface area contributed by atoms with E-state index < -0.39 is 0 Å². The van der Waals surface area contributed by atoms with E-state index in [1.165, 1.54) is 0 Å². The maximum Gasteiger partial charge on any atom is 0.0741 e. The lowest BCUT2D eigenvalue weighted by molar-refractivity contribution is 0.416. The second-order valence-electron chi connectivity index (χ2n) is 3.90. The van der Waals surface area contributed by atoms with Gasteiger partial charge in [-0.2, -0.15) is 0 Å². The first kappa shape index (κ1) is 12.1. The Balaban J connectivity index is 2.73. The van der Waals surface area contributed by atoms with E-state index in [0.29, 0.717) is 10.7 Å². The molecule has 0 saturated carbocycles. The molecule has 84 valence electrons. The van der Waals surface area contributed by atoms with Crippen molar-refractivity contribution in [2.75, 3.05) is 44.9 Å². The molecule has 0 atom stereocenters. The molecule has 0 saturated heterocycles. The quantitative estimate of drug-likeness (QED) is 0.798. The summed E-state index contributed by atoms with van der Waals surface area (Å²) in [6, 6.07) is 5.71. The van der Waals surface area contributed by atoms with Gasteiger partial charge in [0.25, 0.3) is 0 Å². The minimum atomic E-state index is 0.615. The van der Waals surface area contributed by atoms with Gasteiger partial charge in [-0.15, -0.1) is 0 Å². The Kier molecular flexibility index (Phi) is 4.24. The Morgan fingerprint density at radius 2 is 1.87 bits per heavy atom. The summed E-state index contributed by atoms with van der Waals surface area (Å²) >= 11 is 5.96. The lowest BCUT2D eigenvalue weighted by Crippen LogP contribution is -2.28. The zero-order valence-corrected chi connectivity index (χ0v) is 10.3. The summed E-state index contributed by atoms with van der Waals surface area (Å²) in [5.74, 6) is 0. The second-order valence-corrected chi connectivity index (χ2v) is 4.30. The van der Waals surface area contributed by atoms with Gasteiger partial charge in [0.15, 0.2) is 0 Å². The lowest BCUT2D eigenvalue weighted by Gasteiger charge is -2.23. The molecule has 1 aromatic carbocycles. The van der Waals surface area contributed by atoms with Crippen LogP contribution in [-0.4, -0.2) is 39.1 Å². The number of nitrogen functional groups attached to an aromatic ring is 1. The number of likely N-dealkylation sites (N-methyl/N-ethyl adjacent to an activating group) is 2. The highest BCUT2D eigenvalue weighted by atomic mass is 35.5. The third-order valence-corrected chi connectivity index (χ3v) is 2.65. The second kappa shape index (κ2) is 5.24. The van der Waals surface area contributed by atoms with Crippen LogP contribution >= 0.6 is 11.6 Å². The van der Waals surface area contributed by atoms with Gasteiger partial charge in [-0.1, -0.05) is 17.7 Å². The molecule has 3 nitrogen and oxygen atoms in total. The maximum absolute atomic E-state index is 5.96. The van der Waals surface area contributed by atoms with E-state index in [1.54, 1.807) is 6.07 Å². The van der Waals surface area contributed by atoms with Crippen molar-refractivity contribution in [2.45, 2.75) is 0 Å². The molecule has 0 bridgehead atoms. The summed E-state index contributed by atoms with van der Waals surface area (Å²) in [6.45, 7) is 1.92. The van der Waals surface area contributed by atoms with Gasteiger partial charge in [0, 0.05) is 20.1 Å². The summed E-state index contributed by atoms with van der Waals surface area (Å²) in [5, 5.41) is 0.615. The van der Waals surface area contributed by atoms with E-state index in [-0.39, 0.29) is 0 Å². The molecule has 0 aliphatic carbocycles. The van der Waals surface area contributed by atoms with Crippen LogP contribution in [0.3, 0.4) is 0 Å². The van der Waals surface area contributed by atoms with Crippen LogP contribution in [0.25, 0.3) is 0 Å². The number of anilines is 2. The highest BCUT2D eigenvalue weighted by molar-refractivity contribution is 6.33. The summed E-state index contributed by atoms with van der Waals surface area (Å²) in [4.78, 5) is 4.25. The number of para-hydroxylation sites is 1. The molecule has 0 aliphatic rings. The molecule has 15 heavy (non-hydrogen) atoms. The van der Waals surface area contributed by atoms with Crippen molar-refractivity contribution in [3.05, 3.63) is 23.2 Å². The fraction of sp³-hybridized carbons (Fsp3) is 0.455. The number of hydrogen-bond donors (Lipinski definition) is 1. The number of benzene rings is 1. The van der Waals surface area contributed by atoms with E-state index in [2.05, 4.69) is 23.9 Å². The van der Waals surface area contributed by atoms with Gasteiger partial charge in [-0.05, 0) is 26.2 Å². The third kappa shape index (κ3) is 3.29.